The van der Waals surface area contributed by atoms with Crippen molar-refractivity contribution >= 4 is 5.97 Å². The van der Waals surface area contributed by atoms with Crippen LogP contribution in [0.5, 0.6) is 0 Å². The van der Waals surface area contributed by atoms with Gasteiger partial charge in [0, 0.05) is 0 Å². The smallest absolute Gasteiger partial charge is 0.313 e. The van der Waals surface area contributed by atoms with Gasteiger partial charge in [-0.25, -0.2) is 0 Å². The molecule has 3 unspecified atom stereocenters. The molecule has 0 amide bonds. The Labute approximate surface area is 91.7 Å². The van der Waals surface area contributed by atoms with Gasteiger partial charge in [-0.1, -0.05) is 12.2 Å². The summed E-state index contributed by atoms with van der Waals surface area (Å²) in [6, 6.07) is 0. The van der Waals surface area contributed by atoms with E-state index in [9.17, 15) is 4.79 Å². The number of carbonyl (C=O) groups is 1. The maximum absolute atomic E-state index is 11.9. The van der Waals surface area contributed by atoms with Crippen molar-refractivity contribution in [2.75, 3.05) is 0 Å². The fourth-order valence-corrected chi connectivity index (χ4v) is 2.53. The fourth-order valence-electron chi connectivity index (χ4n) is 2.53. The fraction of sp³-hybridized carbons (Fsp3) is 0.769. The minimum absolute atomic E-state index is 0.0247. The van der Waals surface area contributed by atoms with Crippen molar-refractivity contribution < 1.29 is 9.53 Å². The van der Waals surface area contributed by atoms with Gasteiger partial charge >= 0.3 is 5.97 Å². The molecule has 2 aliphatic rings. The number of esters is 1. The summed E-state index contributed by atoms with van der Waals surface area (Å²) in [5.74, 6) is 1.29. The van der Waals surface area contributed by atoms with E-state index in [4.69, 9.17) is 4.74 Å². The predicted octanol–water partition coefficient (Wildman–Crippen LogP) is 2.93. The highest BCUT2D eigenvalue weighted by Gasteiger charge is 2.41. The minimum Gasteiger partial charge on any atom is -0.460 e. The third-order valence-electron chi connectivity index (χ3n) is 3.40. The molecule has 0 aromatic rings. The third kappa shape index (κ3) is 2.24. The Bertz CT molecular complexity index is 285. The molecule has 0 bridgehead atoms. The average Bonchev–Trinajstić information content (AvgIpc) is 2.03. The quantitative estimate of drug-likeness (QED) is 0.489. The van der Waals surface area contributed by atoms with E-state index in [1.807, 2.05) is 20.8 Å². The largest absolute Gasteiger partial charge is 0.460 e. The van der Waals surface area contributed by atoms with Crippen LogP contribution < -0.4 is 0 Å². The van der Waals surface area contributed by atoms with E-state index < -0.39 is 0 Å². The molecule has 0 aliphatic heterocycles. The molecule has 2 nitrogen and oxygen atoms in total. The zero-order valence-corrected chi connectivity index (χ0v) is 9.82. The van der Waals surface area contributed by atoms with Crippen LogP contribution in [0.1, 0.15) is 40.0 Å². The van der Waals surface area contributed by atoms with Crippen LogP contribution in [-0.2, 0) is 9.53 Å². The summed E-state index contributed by atoms with van der Waals surface area (Å²) in [4.78, 5) is 11.9. The lowest BCUT2D eigenvalue weighted by Gasteiger charge is -2.42. The molecule has 84 valence electrons. The molecular weight excluding hydrogens is 188 g/mol. The summed E-state index contributed by atoms with van der Waals surface area (Å²) in [5, 5.41) is 0. The van der Waals surface area contributed by atoms with Gasteiger partial charge in [-0.15, -0.1) is 0 Å². The molecule has 15 heavy (non-hydrogen) atoms. The Morgan fingerprint density at radius 3 is 2.60 bits per heavy atom. The van der Waals surface area contributed by atoms with Crippen molar-refractivity contribution in [1.82, 2.24) is 0 Å². The summed E-state index contributed by atoms with van der Waals surface area (Å²) < 4.78 is 5.44. The van der Waals surface area contributed by atoms with E-state index in [-0.39, 0.29) is 17.5 Å². The number of allylic oxidation sites excluding steroid dienone is 1. The van der Waals surface area contributed by atoms with Crippen molar-refractivity contribution in [2.24, 2.45) is 17.8 Å². The normalized spacial score (nSPS) is 34.2. The first-order valence-electron chi connectivity index (χ1n) is 5.87. The molecule has 0 spiro atoms. The molecule has 1 saturated carbocycles. The lowest BCUT2D eigenvalue weighted by molar-refractivity contribution is -0.162. The van der Waals surface area contributed by atoms with E-state index in [0.717, 1.165) is 12.3 Å². The van der Waals surface area contributed by atoms with E-state index in [1.54, 1.807) is 0 Å². The van der Waals surface area contributed by atoms with E-state index in [0.29, 0.717) is 5.92 Å². The van der Waals surface area contributed by atoms with E-state index in [2.05, 4.69) is 12.2 Å². The monoisotopic (exact) mass is 208 g/mol. The summed E-state index contributed by atoms with van der Waals surface area (Å²) >= 11 is 0. The van der Waals surface area contributed by atoms with Crippen molar-refractivity contribution in [1.29, 1.82) is 0 Å². The second kappa shape index (κ2) is 3.66. The van der Waals surface area contributed by atoms with Gasteiger partial charge in [-0.2, -0.15) is 0 Å². The van der Waals surface area contributed by atoms with Crippen molar-refractivity contribution in [2.45, 2.75) is 45.6 Å². The van der Waals surface area contributed by atoms with Gasteiger partial charge in [0.25, 0.3) is 0 Å². The van der Waals surface area contributed by atoms with Gasteiger partial charge < -0.3 is 4.74 Å². The number of fused-ring (bicyclic) bond motifs is 1. The zero-order valence-electron chi connectivity index (χ0n) is 9.82. The Balaban J connectivity index is 2.01. The number of hydrogen-bond donors (Lipinski definition) is 0. The molecule has 0 aromatic heterocycles. The molecule has 1 fully saturated rings. The number of ether oxygens (including phenoxy) is 1. The highest BCUT2D eigenvalue weighted by atomic mass is 16.6. The van der Waals surface area contributed by atoms with E-state index in [1.165, 1.54) is 12.8 Å². The molecule has 2 aliphatic carbocycles. The van der Waals surface area contributed by atoms with Crippen LogP contribution in [0.15, 0.2) is 12.2 Å². The average molecular weight is 208 g/mol. The molecule has 2 rings (SSSR count). The molecule has 0 aromatic carbocycles. The molecule has 0 saturated heterocycles. The summed E-state index contributed by atoms with van der Waals surface area (Å²) in [7, 11) is 0. The van der Waals surface area contributed by atoms with E-state index >= 15 is 0 Å². The number of hydrogen-bond acceptors (Lipinski definition) is 2. The van der Waals surface area contributed by atoms with Crippen LogP contribution in [-0.4, -0.2) is 11.6 Å². The Hall–Kier alpha value is -0.790. The molecule has 0 N–H and O–H groups in total. The van der Waals surface area contributed by atoms with Crippen molar-refractivity contribution in [3.05, 3.63) is 12.2 Å². The van der Waals surface area contributed by atoms with Crippen molar-refractivity contribution in [3.8, 4) is 0 Å². The van der Waals surface area contributed by atoms with Crippen molar-refractivity contribution in [3.63, 3.8) is 0 Å². The lowest BCUT2D eigenvalue weighted by Crippen LogP contribution is -2.40. The number of carbonyl (C=O) groups excluding carboxylic acids is 1. The van der Waals surface area contributed by atoms with Gasteiger partial charge in [0.2, 0.25) is 0 Å². The lowest BCUT2D eigenvalue weighted by atomic mass is 9.63. The number of rotatable bonds is 1. The first kappa shape index (κ1) is 10.7. The molecule has 0 radical (unpaired) electrons. The Kier molecular flexibility index (Phi) is 2.61. The SMILES string of the molecule is CC(C)(C)OC(=O)C1C=CCC2CCC21. The van der Waals surface area contributed by atoms with Gasteiger partial charge in [-0.3, -0.25) is 4.79 Å². The van der Waals surface area contributed by atoms with Crippen LogP contribution >= 0.6 is 0 Å². The van der Waals surface area contributed by atoms with Gasteiger partial charge in [0.1, 0.15) is 5.60 Å². The molecular formula is C13H20O2. The summed E-state index contributed by atoms with van der Waals surface area (Å²) in [6.07, 6.45) is 7.83. The van der Waals surface area contributed by atoms with Crippen LogP contribution in [0.3, 0.4) is 0 Å². The second-order valence-corrected chi connectivity index (χ2v) is 5.72. The van der Waals surface area contributed by atoms with Crippen LogP contribution in [0.4, 0.5) is 0 Å². The maximum Gasteiger partial charge on any atom is 0.313 e. The highest BCUT2D eigenvalue weighted by Crippen LogP contribution is 2.45. The predicted molar refractivity (Wildman–Crippen MR) is 59.3 cm³/mol. The zero-order chi connectivity index (χ0) is 11.1. The Morgan fingerprint density at radius 2 is 2.07 bits per heavy atom. The van der Waals surface area contributed by atoms with Gasteiger partial charge in [0.15, 0.2) is 0 Å². The van der Waals surface area contributed by atoms with Gasteiger partial charge in [-0.05, 0) is 51.9 Å². The first-order valence-corrected chi connectivity index (χ1v) is 5.87. The standard InChI is InChI=1S/C13H20O2/c1-13(2,3)15-12(14)11-6-4-5-9-7-8-10(9)11/h4,6,9-11H,5,7-8H2,1-3H3. The van der Waals surface area contributed by atoms with Crippen LogP contribution in [0, 0.1) is 17.8 Å². The van der Waals surface area contributed by atoms with Crippen LogP contribution in [0.2, 0.25) is 0 Å². The highest BCUT2D eigenvalue weighted by molar-refractivity contribution is 5.75. The minimum atomic E-state index is -0.360. The summed E-state index contributed by atoms with van der Waals surface area (Å²) in [6.45, 7) is 5.78. The third-order valence-corrected chi connectivity index (χ3v) is 3.40. The molecule has 2 heteroatoms. The molecule has 0 heterocycles. The first-order chi connectivity index (χ1) is 6.97. The topological polar surface area (TPSA) is 26.3 Å². The Morgan fingerprint density at radius 1 is 1.33 bits per heavy atom. The van der Waals surface area contributed by atoms with Gasteiger partial charge in [0.05, 0.1) is 5.92 Å². The molecule has 3 atom stereocenters. The van der Waals surface area contributed by atoms with Crippen LogP contribution in [0.25, 0.3) is 0 Å². The summed E-state index contributed by atoms with van der Waals surface area (Å²) in [5.41, 5.74) is -0.360. The maximum atomic E-state index is 11.9. The second-order valence-electron chi connectivity index (χ2n) is 5.72.